The highest BCUT2D eigenvalue weighted by Crippen LogP contribution is 2.40. The summed E-state index contributed by atoms with van der Waals surface area (Å²) in [6, 6.07) is 10.2. The number of carbonyl (C=O) groups excluding carboxylic acids is 2. The lowest BCUT2D eigenvalue weighted by Crippen LogP contribution is -2.50. The van der Waals surface area contributed by atoms with Crippen molar-refractivity contribution in [2.75, 3.05) is 19.7 Å². The average molecular weight is 534 g/mol. The number of fused-ring (bicyclic) bond motifs is 2. The summed E-state index contributed by atoms with van der Waals surface area (Å²) in [5.41, 5.74) is 5.15. The van der Waals surface area contributed by atoms with Crippen LogP contribution in [0.3, 0.4) is 0 Å². The number of aromatic nitrogens is 1. The molecule has 8 nitrogen and oxygen atoms in total. The van der Waals surface area contributed by atoms with Crippen LogP contribution >= 0.6 is 0 Å². The molecule has 1 atom stereocenters. The summed E-state index contributed by atoms with van der Waals surface area (Å²) in [4.78, 5) is 36.1. The van der Waals surface area contributed by atoms with Crippen LogP contribution in [0.5, 0.6) is 5.75 Å². The first-order chi connectivity index (χ1) is 19.0. The minimum atomic E-state index is -0.511. The van der Waals surface area contributed by atoms with Crippen LogP contribution in [-0.2, 0) is 20.9 Å². The van der Waals surface area contributed by atoms with E-state index in [1.807, 2.05) is 18.3 Å². The highest BCUT2D eigenvalue weighted by molar-refractivity contribution is 6.01. The van der Waals surface area contributed by atoms with Gasteiger partial charge < -0.3 is 14.5 Å². The number of hydrogen-bond acceptors (Lipinski definition) is 6. The number of amides is 1. The standard InChI is InChI=1S/C30H32FN3O5/c31-22-6-7-25-23(16-22)21(18-32-25)19-34-12-10-30(11-13-34)17-26(35)24-15-20(4-8-27(24)38-30)5-9-28(36)33-39-29-3-1-2-14-37-29/h4-9,15-16,18,29,32H,1-3,10-14,17,19H2,(H,33,36)/b9-5+. The van der Waals surface area contributed by atoms with Gasteiger partial charge in [0.2, 0.25) is 0 Å². The van der Waals surface area contributed by atoms with Gasteiger partial charge >= 0.3 is 0 Å². The first-order valence-corrected chi connectivity index (χ1v) is 13.6. The molecule has 1 aromatic heterocycles. The van der Waals surface area contributed by atoms with Crippen molar-refractivity contribution >= 4 is 28.7 Å². The summed E-state index contributed by atoms with van der Waals surface area (Å²) in [5, 5.41) is 0.904. The number of hydroxylamine groups is 1. The molecule has 4 heterocycles. The van der Waals surface area contributed by atoms with E-state index in [2.05, 4.69) is 15.4 Å². The number of rotatable bonds is 6. The molecule has 1 spiro atoms. The molecule has 39 heavy (non-hydrogen) atoms. The van der Waals surface area contributed by atoms with Crippen LogP contribution in [0.4, 0.5) is 4.39 Å². The second-order valence-corrected chi connectivity index (χ2v) is 10.6. The molecule has 0 radical (unpaired) electrons. The molecule has 0 bridgehead atoms. The van der Waals surface area contributed by atoms with Crippen molar-refractivity contribution < 1.29 is 28.3 Å². The molecule has 3 aromatic rings. The number of Topliss-reactive ketones (excluding diaryl/α,β-unsaturated/α-hetero) is 1. The Hall–Kier alpha value is -3.53. The highest BCUT2D eigenvalue weighted by Gasteiger charge is 2.43. The van der Waals surface area contributed by atoms with Crippen molar-refractivity contribution in [3.05, 3.63) is 71.2 Å². The summed E-state index contributed by atoms with van der Waals surface area (Å²) in [5.74, 6) is 0.00264. The van der Waals surface area contributed by atoms with E-state index in [9.17, 15) is 14.0 Å². The molecule has 2 saturated heterocycles. The lowest BCUT2D eigenvalue weighted by molar-refractivity contribution is -0.198. The number of nitrogens with one attached hydrogen (secondary N) is 2. The van der Waals surface area contributed by atoms with Gasteiger partial charge in [0.1, 0.15) is 17.2 Å². The van der Waals surface area contributed by atoms with Gasteiger partial charge in [-0.2, -0.15) is 0 Å². The van der Waals surface area contributed by atoms with Crippen LogP contribution in [0.25, 0.3) is 17.0 Å². The van der Waals surface area contributed by atoms with E-state index >= 15 is 0 Å². The second kappa shape index (κ2) is 10.9. The highest BCUT2D eigenvalue weighted by atomic mass is 19.1. The number of H-pyrrole nitrogens is 1. The van der Waals surface area contributed by atoms with Gasteiger partial charge in [-0.15, -0.1) is 0 Å². The lowest BCUT2D eigenvalue weighted by atomic mass is 9.82. The fourth-order valence-electron chi connectivity index (χ4n) is 5.67. The fourth-order valence-corrected chi connectivity index (χ4v) is 5.67. The van der Waals surface area contributed by atoms with E-state index < -0.39 is 17.8 Å². The second-order valence-electron chi connectivity index (χ2n) is 10.6. The molecular weight excluding hydrogens is 501 g/mol. The Morgan fingerprint density at radius 3 is 2.90 bits per heavy atom. The Kier molecular flexibility index (Phi) is 7.20. The molecule has 9 heteroatoms. The van der Waals surface area contributed by atoms with Gasteiger partial charge in [-0.05, 0) is 60.4 Å². The van der Waals surface area contributed by atoms with Crippen molar-refractivity contribution in [3.63, 3.8) is 0 Å². The SMILES string of the molecule is O=C(/C=C/c1ccc2c(c1)C(=O)CC1(CCN(Cc3c[nH]c4ccc(F)cc34)CC1)O2)NOC1CCCCO1. The average Bonchev–Trinajstić information content (AvgIpc) is 3.34. The number of halogens is 1. The summed E-state index contributed by atoms with van der Waals surface area (Å²) in [7, 11) is 0. The molecule has 1 unspecified atom stereocenters. The molecule has 3 aliphatic rings. The number of ether oxygens (including phenoxy) is 2. The number of nitrogens with zero attached hydrogens (tertiary/aromatic N) is 1. The Morgan fingerprint density at radius 1 is 1.21 bits per heavy atom. The van der Waals surface area contributed by atoms with Gasteiger partial charge in [-0.1, -0.05) is 6.07 Å². The van der Waals surface area contributed by atoms with Crippen LogP contribution in [0.15, 0.2) is 48.7 Å². The van der Waals surface area contributed by atoms with Crippen LogP contribution in [0.2, 0.25) is 0 Å². The molecule has 6 rings (SSSR count). The van der Waals surface area contributed by atoms with Crippen molar-refractivity contribution in [2.45, 2.75) is 57.0 Å². The molecule has 2 fully saturated rings. The third kappa shape index (κ3) is 5.75. The lowest BCUT2D eigenvalue weighted by Gasteiger charge is -2.44. The maximum atomic E-state index is 13.8. The van der Waals surface area contributed by atoms with Gasteiger partial charge in [-0.25, -0.2) is 14.7 Å². The number of piperidine rings is 1. The number of carbonyl (C=O) groups is 2. The van der Waals surface area contributed by atoms with Gasteiger partial charge in [0.15, 0.2) is 12.1 Å². The van der Waals surface area contributed by atoms with Crippen molar-refractivity contribution in [2.24, 2.45) is 0 Å². The third-order valence-corrected chi connectivity index (χ3v) is 7.86. The van der Waals surface area contributed by atoms with Crippen LogP contribution in [0, 0.1) is 5.82 Å². The number of aromatic amines is 1. The first kappa shape index (κ1) is 25.7. The Labute approximate surface area is 226 Å². The van der Waals surface area contributed by atoms with Crippen LogP contribution in [0.1, 0.15) is 60.0 Å². The van der Waals surface area contributed by atoms with Gasteiger partial charge in [-0.3, -0.25) is 14.5 Å². The normalized spacial score (nSPS) is 21.3. The summed E-state index contributed by atoms with van der Waals surface area (Å²) >= 11 is 0. The fraction of sp³-hybridized carbons (Fsp3) is 0.400. The maximum Gasteiger partial charge on any atom is 0.267 e. The van der Waals surface area contributed by atoms with Gasteiger partial charge in [0.25, 0.3) is 5.91 Å². The zero-order valence-electron chi connectivity index (χ0n) is 21.7. The monoisotopic (exact) mass is 533 g/mol. The maximum absolute atomic E-state index is 13.8. The Balaban J connectivity index is 1.05. The van der Waals surface area contributed by atoms with E-state index in [-0.39, 0.29) is 11.6 Å². The first-order valence-electron chi connectivity index (χ1n) is 13.6. The smallest absolute Gasteiger partial charge is 0.267 e. The van der Waals surface area contributed by atoms with E-state index in [4.69, 9.17) is 14.3 Å². The molecule has 1 amide bonds. The largest absolute Gasteiger partial charge is 0.486 e. The Morgan fingerprint density at radius 2 is 2.08 bits per heavy atom. The number of benzene rings is 2. The van der Waals surface area contributed by atoms with Crippen LogP contribution < -0.4 is 10.2 Å². The van der Waals surface area contributed by atoms with Gasteiger partial charge in [0, 0.05) is 68.7 Å². The predicted octanol–water partition coefficient (Wildman–Crippen LogP) is 4.89. The summed E-state index contributed by atoms with van der Waals surface area (Å²) in [6.45, 7) is 2.92. The molecule has 2 N–H and O–H groups in total. The molecule has 0 saturated carbocycles. The van der Waals surface area contributed by atoms with Crippen LogP contribution in [-0.4, -0.2) is 53.2 Å². The van der Waals surface area contributed by atoms with E-state index in [0.717, 1.165) is 67.2 Å². The number of likely N-dealkylation sites (tertiary alicyclic amines) is 1. The molecular formula is C30H32FN3O5. The van der Waals surface area contributed by atoms with E-state index in [1.165, 1.54) is 12.1 Å². The molecule has 3 aliphatic heterocycles. The van der Waals surface area contributed by atoms with Crippen molar-refractivity contribution in [1.29, 1.82) is 0 Å². The summed E-state index contributed by atoms with van der Waals surface area (Å²) in [6.07, 6.45) is 9.12. The van der Waals surface area contributed by atoms with E-state index in [0.29, 0.717) is 30.9 Å². The van der Waals surface area contributed by atoms with Crippen molar-refractivity contribution in [3.8, 4) is 5.75 Å². The zero-order valence-corrected chi connectivity index (χ0v) is 21.7. The zero-order chi connectivity index (χ0) is 26.8. The van der Waals surface area contributed by atoms with E-state index in [1.54, 1.807) is 24.3 Å². The topological polar surface area (TPSA) is 92.9 Å². The molecule has 0 aliphatic carbocycles. The van der Waals surface area contributed by atoms with Gasteiger partial charge in [0.05, 0.1) is 12.0 Å². The van der Waals surface area contributed by atoms with Crippen molar-refractivity contribution in [1.82, 2.24) is 15.4 Å². The quantitative estimate of drug-likeness (QED) is 0.346. The third-order valence-electron chi connectivity index (χ3n) is 7.86. The predicted molar refractivity (Wildman–Crippen MR) is 143 cm³/mol. The summed E-state index contributed by atoms with van der Waals surface area (Å²) < 4.78 is 25.6. The minimum absolute atomic E-state index is 0.0503. The minimum Gasteiger partial charge on any atom is -0.486 e. The number of ketones is 1. The Bertz CT molecular complexity index is 1400. The molecule has 204 valence electrons. The molecule has 2 aromatic carbocycles. The number of hydrogen-bond donors (Lipinski definition) is 2.